The van der Waals surface area contributed by atoms with E-state index >= 15 is 0 Å². The van der Waals surface area contributed by atoms with E-state index in [1.165, 1.54) is 16.0 Å². The summed E-state index contributed by atoms with van der Waals surface area (Å²) in [5, 5.41) is 8.84. The molecule has 1 unspecified atom stereocenters. The minimum absolute atomic E-state index is 0.162. The Labute approximate surface area is 230 Å². The van der Waals surface area contributed by atoms with Crippen LogP contribution in [0.2, 0.25) is 0 Å². The van der Waals surface area contributed by atoms with Crippen LogP contribution < -0.4 is 16.4 Å². The Morgan fingerprint density at radius 1 is 1.21 bits per heavy atom. The van der Waals surface area contributed by atoms with Crippen LogP contribution in [-0.4, -0.2) is 25.4 Å². The zero-order valence-electron chi connectivity index (χ0n) is 20.0. The predicted molar refractivity (Wildman–Crippen MR) is 144 cm³/mol. The number of rotatable bonds is 8. The highest BCUT2D eigenvalue weighted by Crippen LogP contribution is 2.34. The van der Waals surface area contributed by atoms with E-state index in [1.807, 2.05) is 0 Å². The van der Waals surface area contributed by atoms with Gasteiger partial charge in [-0.1, -0.05) is 0 Å². The Kier molecular flexibility index (Phi) is 8.20. The lowest BCUT2D eigenvalue weighted by Crippen LogP contribution is -2.31. The normalized spacial score (nSPS) is 13.6. The number of hydrogen-bond acceptors (Lipinski definition) is 6. The van der Waals surface area contributed by atoms with Gasteiger partial charge in [0.15, 0.2) is 4.18 Å². The van der Waals surface area contributed by atoms with Gasteiger partial charge in [-0.15, -0.1) is 11.3 Å². The third-order valence-corrected chi connectivity index (χ3v) is 7.43. The maximum Gasteiger partial charge on any atom is 0.423 e. The third-order valence-electron chi connectivity index (χ3n) is 5.90. The van der Waals surface area contributed by atoms with Crippen LogP contribution in [0.25, 0.3) is 21.3 Å². The Bertz CT molecular complexity index is 1600. The van der Waals surface area contributed by atoms with Crippen LogP contribution in [0, 0.1) is 5.82 Å². The van der Waals surface area contributed by atoms with Gasteiger partial charge in [-0.3, -0.25) is 9.59 Å². The summed E-state index contributed by atoms with van der Waals surface area (Å²) < 4.78 is 69.3. The number of nitrogens with zero attached hydrogens (tertiary/aromatic N) is 4. The fourth-order valence-corrected chi connectivity index (χ4v) is 5.39. The van der Waals surface area contributed by atoms with Gasteiger partial charge in [0.25, 0.3) is 11.1 Å². The number of pyridine rings is 1. The molecule has 0 aliphatic rings. The van der Waals surface area contributed by atoms with Gasteiger partial charge in [0.1, 0.15) is 16.4 Å². The van der Waals surface area contributed by atoms with E-state index in [9.17, 15) is 31.5 Å². The molecular weight excluding hydrogens is 644 g/mol. The van der Waals surface area contributed by atoms with E-state index in [4.69, 9.17) is 0 Å². The van der Waals surface area contributed by atoms with E-state index in [0.29, 0.717) is 27.9 Å². The Morgan fingerprint density at radius 2 is 1.95 bits per heavy atom. The van der Waals surface area contributed by atoms with Crippen molar-refractivity contribution in [3.05, 3.63) is 73.8 Å². The first-order valence-electron chi connectivity index (χ1n) is 11.3. The van der Waals surface area contributed by atoms with Crippen molar-refractivity contribution in [1.82, 2.24) is 19.3 Å². The fourth-order valence-electron chi connectivity index (χ4n) is 3.98. The van der Waals surface area contributed by atoms with Crippen molar-refractivity contribution in [2.75, 3.05) is 5.32 Å². The highest BCUT2D eigenvalue weighted by Gasteiger charge is 2.38. The molecule has 7 nitrogen and oxygen atoms in total. The number of aryl methyl sites for hydroxylation is 2. The minimum atomic E-state index is -4.85. The van der Waals surface area contributed by atoms with E-state index in [-0.39, 0.29) is 23.2 Å². The van der Waals surface area contributed by atoms with Crippen LogP contribution in [0.5, 0.6) is 0 Å². The summed E-state index contributed by atoms with van der Waals surface area (Å²) in [6.45, 7) is 1.90. The Hall–Kier alpha value is -2.88. The molecule has 0 saturated carbocycles. The van der Waals surface area contributed by atoms with Gasteiger partial charge in [-0.05, 0) is 65.9 Å². The zero-order chi connectivity index (χ0) is 27.8. The summed E-state index contributed by atoms with van der Waals surface area (Å²) in [5.74, 6) is -0.655. The molecule has 1 N–H and O–H groups in total. The molecule has 38 heavy (non-hydrogen) atoms. The average Bonchev–Trinajstić information content (AvgIpc) is 3.33. The van der Waals surface area contributed by atoms with Gasteiger partial charge in [0.2, 0.25) is 0 Å². The molecule has 3 heterocycles. The monoisotopic (exact) mass is 665 g/mol. The summed E-state index contributed by atoms with van der Waals surface area (Å²) in [5.41, 5.74) is -3.02. The van der Waals surface area contributed by atoms with Crippen molar-refractivity contribution in [3.63, 3.8) is 0 Å². The molecule has 0 amide bonds. The number of anilines is 1. The predicted octanol–water partition coefficient (Wildman–Crippen LogP) is 6.06. The maximum absolute atomic E-state index is 14.9. The van der Waals surface area contributed by atoms with Gasteiger partial charge in [-0.2, -0.15) is 18.3 Å². The average molecular weight is 665 g/mol. The van der Waals surface area contributed by atoms with Gasteiger partial charge in [0, 0.05) is 36.8 Å². The topological polar surface area (TPSA) is 81.8 Å². The molecule has 14 heteroatoms. The molecule has 0 saturated heterocycles. The number of benzene rings is 1. The quantitative estimate of drug-likeness (QED) is 0.141. The molecule has 2 atom stereocenters. The number of alkyl halides is 5. The summed E-state index contributed by atoms with van der Waals surface area (Å²) in [7, 11) is 1.14. The first-order chi connectivity index (χ1) is 17.9. The van der Waals surface area contributed by atoms with E-state index in [1.54, 1.807) is 41.8 Å². The number of fused-ring (bicyclic) bond motifs is 1. The number of nitrogens with one attached hydrogen (secondary N) is 1. The molecule has 1 aromatic carbocycles. The number of aromatic nitrogens is 4. The van der Waals surface area contributed by atoms with E-state index in [0.717, 1.165) is 30.6 Å². The lowest BCUT2D eigenvalue weighted by molar-refractivity contribution is -0.138. The summed E-state index contributed by atoms with van der Waals surface area (Å²) in [4.78, 5) is 29.1. The third kappa shape index (κ3) is 5.90. The minimum Gasteiger partial charge on any atom is -0.381 e. The second kappa shape index (κ2) is 11.1. The first kappa shape index (κ1) is 28.1. The largest absolute Gasteiger partial charge is 0.423 e. The standard InChI is InChI=1S/C24H21F5IN5O2S/c1-12(32-17-10-31-34(2)23(37)19(17)24(27,28)29)4-3-6-35-7-5-13-8-15(16(25)9-14(13)22(35)36)21-33-18(11-38-21)20(26)30/h5,7-12,20,32H,3-4,6H2,1-2H3/t12-,20?/m0/s1. The SMILES string of the molecule is C[C@@H](CCCn1ccc2cc(-c3nc(C(F)I)cs3)c(F)cc2c1=O)Nc1cnn(C)c(=O)c1C(F)(F)F. The molecule has 0 radical (unpaired) electrons. The second-order valence-electron chi connectivity index (χ2n) is 8.66. The van der Waals surface area contributed by atoms with Crippen LogP contribution in [0.15, 0.2) is 45.6 Å². The van der Waals surface area contributed by atoms with Crippen LogP contribution >= 0.6 is 33.9 Å². The van der Waals surface area contributed by atoms with Crippen LogP contribution in [0.4, 0.5) is 27.6 Å². The lowest BCUT2D eigenvalue weighted by Gasteiger charge is -2.19. The molecule has 202 valence electrons. The van der Waals surface area contributed by atoms with Gasteiger partial charge < -0.3 is 9.88 Å². The summed E-state index contributed by atoms with van der Waals surface area (Å²) in [6, 6.07) is 3.83. The van der Waals surface area contributed by atoms with E-state index in [2.05, 4.69) is 15.4 Å². The molecule has 0 aliphatic carbocycles. The summed E-state index contributed by atoms with van der Waals surface area (Å²) >= 11 is 2.68. The molecule has 0 bridgehead atoms. The van der Waals surface area contributed by atoms with Crippen molar-refractivity contribution in [3.8, 4) is 10.6 Å². The lowest BCUT2D eigenvalue weighted by atomic mass is 10.1. The van der Waals surface area contributed by atoms with Crippen LogP contribution in [0.3, 0.4) is 0 Å². The van der Waals surface area contributed by atoms with Gasteiger partial charge >= 0.3 is 6.18 Å². The van der Waals surface area contributed by atoms with E-state index < -0.39 is 44.6 Å². The number of halogens is 6. The highest BCUT2D eigenvalue weighted by atomic mass is 127. The molecule has 0 fully saturated rings. The highest BCUT2D eigenvalue weighted by molar-refractivity contribution is 14.1. The molecular formula is C24H21F5IN5O2S. The maximum atomic E-state index is 14.9. The Balaban J connectivity index is 1.47. The van der Waals surface area contributed by atoms with Crippen molar-refractivity contribution in [1.29, 1.82) is 0 Å². The van der Waals surface area contributed by atoms with Crippen molar-refractivity contribution >= 4 is 50.4 Å². The molecule has 0 spiro atoms. The molecule has 4 rings (SSSR count). The van der Waals surface area contributed by atoms with Crippen molar-refractivity contribution < 1.29 is 22.0 Å². The zero-order valence-corrected chi connectivity index (χ0v) is 23.0. The van der Waals surface area contributed by atoms with Crippen molar-refractivity contribution in [2.24, 2.45) is 7.05 Å². The first-order valence-corrected chi connectivity index (χ1v) is 13.5. The van der Waals surface area contributed by atoms with Gasteiger partial charge in [0.05, 0.1) is 23.0 Å². The Morgan fingerprint density at radius 3 is 2.61 bits per heavy atom. The fraction of sp³-hybridized carbons (Fsp3) is 0.333. The molecule has 3 aromatic heterocycles. The smallest absolute Gasteiger partial charge is 0.381 e. The number of thiazole rings is 1. The van der Waals surface area contributed by atoms with Crippen molar-refractivity contribution in [2.45, 2.75) is 42.7 Å². The summed E-state index contributed by atoms with van der Waals surface area (Å²) in [6.07, 6.45) is -1.53. The second-order valence-corrected chi connectivity index (χ2v) is 10.6. The van der Waals surface area contributed by atoms with Gasteiger partial charge in [-0.25, -0.2) is 18.4 Å². The molecule has 0 aliphatic heterocycles. The van der Waals surface area contributed by atoms with Crippen LogP contribution in [0.1, 0.15) is 35.2 Å². The van der Waals surface area contributed by atoms with Crippen LogP contribution in [-0.2, 0) is 19.8 Å². The molecule has 4 aromatic rings. The number of hydrogen-bond donors (Lipinski definition) is 1.